The highest BCUT2D eigenvalue weighted by Crippen LogP contribution is 2.43. The van der Waals surface area contributed by atoms with E-state index in [4.69, 9.17) is 28.0 Å². The van der Waals surface area contributed by atoms with Crippen molar-refractivity contribution in [3.8, 4) is 0 Å². The smallest absolute Gasteiger partial charge is 0.460 e. The minimum atomic E-state index is -4.07. The zero-order valence-corrected chi connectivity index (χ0v) is 17.5. The van der Waals surface area contributed by atoms with Crippen molar-refractivity contribution < 1.29 is 47.0 Å². The van der Waals surface area contributed by atoms with E-state index in [9.17, 15) is 19.0 Å². The van der Waals surface area contributed by atoms with Gasteiger partial charge in [-0.25, -0.2) is 14.2 Å². The van der Waals surface area contributed by atoms with Gasteiger partial charge in [0.1, 0.15) is 13.2 Å². The van der Waals surface area contributed by atoms with Crippen LogP contribution in [0.4, 0.5) is 0 Å². The molecule has 0 fully saturated rings. The van der Waals surface area contributed by atoms with E-state index in [0.29, 0.717) is 38.9 Å². The zero-order valence-electron chi connectivity index (χ0n) is 16.6. The van der Waals surface area contributed by atoms with E-state index in [1.165, 1.54) is 0 Å². The summed E-state index contributed by atoms with van der Waals surface area (Å²) in [6, 6.07) is 0. The molecule has 0 saturated heterocycles. The number of carbonyl (C=O) groups excluding carboxylic acids is 2. The number of phosphoric ester groups is 1. The Morgan fingerprint density at radius 2 is 1.07 bits per heavy atom. The molecule has 10 nitrogen and oxygen atoms in total. The summed E-state index contributed by atoms with van der Waals surface area (Å²) < 4.78 is 41.3. The van der Waals surface area contributed by atoms with Gasteiger partial charge in [-0.3, -0.25) is 9.05 Å². The van der Waals surface area contributed by atoms with Crippen molar-refractivity contribution in [1.29, 1.82) is 0 Å². The van der Waals surface area contributed by atoms with Gasteiger partial charge < -0.3 is 23.8 Å². The Labute approximate surface area is 171 Å². The zero-order chi connectivity index (χ0) is 21.8. The first-order chi connectivity index (χ1) is 13.9. The number of ether oxygens (including phenoxy) is 4. The van der Waals surface area contributed by atoms with Gasteiger partial charge in [0.05, 0.1) is 26.4 Å². The number of rotatable bonds is 20. The molecule has 0 atom stereocenters. The topological polar surface area (TPSA) is 127 Å². The van der Waals surface area contributed by atoms with Gasteiger partial charge >= 0.3 is 19.8 Å². The van der Waals surface area contributed by atoms with Crippen LogP contribution in [0.3, 0.4) is 0 Å². The molecule has 168 valence electrons. The number of esters is 2. The van der Waals surface area contributed by atoms with Crippen LogP contribution in [0.2, 0.25) is 0 Å². The first kappa shape index (κ1) is 27.5. The molecule has 0 heterocycles. The van der Waals surface area contributed by atoms with Gasteiger partial charge in [0.25, 0.3) is 0 Å². The van der Waals surface area contributed by atoms with Gasteiger partial charge in [-0.1, -0.05) is 13.2 Å². The van der Waals surface area contributed by atoms with Crippen LogP contribution in [0, 0.1) is 0 Å². The molecule has 0 bridgehead atoms. The van der Waals surface area contributed by atoms with Crippen LogP contribution in [0.5, 0.6) is 0 Å². The van der Waals surface area contributed by atoms with Gasteiger partial charge in [-0.2, -0.15) is 0 Å². The fourth-order valence-electron chi connectivity index (χ4n) is 1.73. The van der Waals surface area contributed by atoms with E-state index < -0.39 is 19.8 Å². The monoisotopic (exact) mass is 438 g/mol. The summed E-state index contributed by atoms with van der Waals surface area (Å²) in [5.74, 6) is -1.00. The second-order valence-electron chi connectivity index (χ2n) is 5.52. The average Bonchev–Trinajstić information content (AvgIpc) is 2.70. The summed E-state index contributed by atoms with van der Waals surface area (Å²) >= 11 is 0. The molecule has 0 rings (SSSR count). The van der Waals surface area contributed by atoms with E-state index in [-0.39, 0.29) is 39.6 Å². The Bertz CT molecular complexity index is 481. The Kier molecular flexibility index (Phi) is 17.5. The minimum Gasteiger partial charge on any atom is -0.460 e. The number of phosphoric acid groups is 1. The summed E-state index contributed by atoms with van der Waals surface area (Å²) in [6.07, 6.45) is 4.43. The molecule has 0 unspecified atom stereocenters. The summed E-state index contributed by atoms with van der Waals surface area (Å²) in [5, 5.41) is 0. The maximum absolute atomic E-state index is 11.7. The third-order valence-corrected chi connectivity index (χ3v) is 4.17. The van der Waals surface area contributed by atoms with Crippen LogP contribution >= 0.6 is 7.82 Å². The SMILES string of the molecule is C=CC(=O)OCCOCCCCOP(=O)(O)OCCCCOCCOC(=O)C=C. The number of hydrogen-bond donors (Lipinski definition) is 1. The second-order valence-corrected chi connectivity index (χ2v) is 6.97. The first-order valence-corrected chi connectivity index (χ1v) is 10.8. The van der Waals surface area contributed by atoms with Crippen LogP contribution in [-0.4, -0.2) is 69.7 Å². The van der Waals surface area contributed by atoms with Gasteiger partial charge in [0.15, 0.2) is 0 Å². The molecule has 0 aromatic carbocycles. The van der Waals surface area contributed by atoms with E-state index in [1.54, 1.807) is 0 Å². The lowest BCUT2D eigenvalue weighted by atomic mass is 10.3. The largest absolute Gasteiger partial charge is 0.472 e. The molecule has 0 amide bonds. The molecule has 0 saturated carbocycles. The Morgan fingerprint density at radius 1 is 0.690 bits per heavy atom. The van der Waals surface area contributed by atoms with Gasteiger partial charge in [-0.05, 0) is 25.7 Å². The fraction of sp³-hybridized carbons (Fsp3) is 0.667. The lowest BCUT2D eigenvalue weighted by Gasteiger charge is -2.12. The van der Waals surface area contributed by atoms with Crippen molar-refractivity contribution in [2.45, 2.75) is 25.7 Å². The summed E-state index contributed by atoms with van der Waals surface area (Å²) in [6.45, 7) is 8.34. The average molecular weight is 438 g/mol. The molecular weight excluding hydrogens is 407 g/mol. The van der Waals surface area contributed by atoms with Gasteiger partial charge in [0.2, 0.25) is 0 Å². The highest BCUT2D eigenvalue weighted by atomic mass is 31.2. The quantitative estimate of drug-likeness (QED) is 0.131. The van der Waals surface area contributed by atoms with Crippen LogP contribution in [0.25, 0.3) is 0 Å². The van der Waals surface area contributed by atoms with E-state index >= 15 is 0 Å². The molecular formula is C18H31O10P. The molecule has 0 aliphatic rings. The molecule has 0 aromatic heterocycles. The normalized spacial score (nSPS) is 11.1. The second kappa shape index (κ2) is 18.5. The fourth-order valence-corrected chi connectivity index (χ4v) is 2.53. The van der Waals surface area contributed by atoms with Crippen molar-refractivity contribution >= 4 is 19.8 Å². The summed E-state index contributed by atoms with van der Waals surface area (Å²) in [7, 11) is -4.07. The molecule has 0 spiro atoms. The Hall–Kier alpha value is -1.55. The third kappa shape index (κ3) is 19.5. The molecule has 11 heteroatoms. The lowest BCUT2D eigenvalue weighted by molar-refractivity contribution is -0.140. The van der Waals surface area contributed by atoms with Crippen LogP contribution in [-0.2, 0) is 42.1 Å². The molecule has 0 aliphatic heterocycles. The van der Waals surface area contributed by atoms with Crippen molar-refractivity contribution in [3.63, 3.8) is 0 Å². The van der Waals surface area contributed by atoms with Crippen LogP contribution in [0.15, 0.2) is 25.3 Å². The van der Waals surface area contributed by atoms with Crippen molar-refractivity contribution in [3.05, 3.63) is 25.3 Å². The number of hydrogen-bond acceptors (Lipinski definition) is 9. The van der Waals surface area contributed by atoms with Gasteiger partial charge in [0, 0.05) is 25.4 Å². The van der Waals surface area contributed by atoms with Crippen LogP contribution < -0.4 is 0 Å². The van der Waals surface area contributed by atoms with Crippen molar-refractivity contribution in [1.82, 2.24) is 0 Å². The van der Waals surface area contributed by atoms with Gasteiger partial charge in [-0.15, -0.1) is 0 Å². The van der Waals surface area contributed by atoms with E-state index in [1.807, 2.05) is 0 Å². The number of carbonyl (C=O) groups is 2. The van der Waals surface area contributed by atoms with Crippen molar-refractivity contribution in [2.75, 3.05) is 52.9 Å². The molecule has 0 radical (unpaired) electrons. The predicted molar refractivity (Wildman–Crippen MR) is 104 cm³/mol. The van der Waals surface area contributed by atoms with E-state index in [0.717, 1.165) is 12.2 Å². The highest BCUT2D eigenvalue weighted by Gasteiger charge is 2.19. The maximum atomic E-state index is 11.7. The molecule has 29 heavy (non-hydrogen) atoms. The molecule has 0 aromatic rings. The summed E-state index contributed by atoms with van der Waals surface area (Å²) in [4.78, 5) is 31.1. The first-order valence-electron chi connectivity index (χ1n) is 9.27. The Morgan fingerprint density at radius 3 is 1.45 bits per heavy atom. The van der Waals surface area contributed by atoms with E-state index in [2.05, 4.69) is 13.2 Å². The predicted octanol–water partition coefficient (Wildman–Crippen LogP) is 2.17. The minimum absolute atomic E-state index is 0.0646. The lowest BCUT2D eigenvalue weighted by Crippen LogP contribution is -2.09. The number of unbranched alkanes of at least 4 members (excludes halogenated alkanes) is 2. The standard InChI is InChI=1S/C18H31O10P/c1-3-17(19)25-15-13-23-9-5-7-11-27-29(21,22)28-12-8-6-10-24-14-16-26-18(20)4-2/h3-4H,1-2,5-16H2,(H,21,22). The highest BCUT2D eigenvalue weighted by molar-refractivity contribution is 7.47. The Balaban J connectivity index is 3.43. The maximum Gasteiger partial charge on any atom is 0.472 e. The van der Waals surface area contributed by atoms with Crippen LogP contribution in [0.1, 0.15) is 25.7 Å². The van der Waals surface area contributed by atoms with Crippen molar-refractivity contribution in [2.24, 2.45) is 0 Å². The molecule has 0 aliphatic carbocycles. The summed E-state index contributed by atoms with van der Waals surface area (Å²) in [5.41, 5.74) is 0. The molecule has 1 N–H and O–H groups in total. The third-order valence-electron chi connectivity index (χ3n) is 3.15.